The van der Waals surface area contributed by atoms with Crippen molar-refractivity contribution in [2.24, 2.45) is 22.5 Å². The zero-order chi connectivity index (χ0) is 13.6. The van der Waals surface area contributed by atoms with Gasteiger partial charge in [-0.3, -0.25) is 4.90 Å². The summed E-state index contributed by atoms with van der Waals surface area (Å²) in [5, 5.41) is 0. The van der Waals surface area contributed by atoms with Crippen molar-refractivity contribution in [1.29, 1.82) is 0 Å². The highest BCUT2D eigenvalue weighted by atomic mass is 15.2. The van der Waals surface area contributed by atoms with E-state index in [1.807, 2.05) is 0 Å². The standard InChI is InChI=1S/C16H32N2/c1-13-10-14(2,3)6-7-16(13,11-17)18-9-8-15(4,5)12-18/h13H,6-12,17H2,1-5H3. The lowest BCUT2D eigenvalue weighted by Crippen LogP contribution is -2.60. The lowest BCUT2D eigenvalue weighted by molar-refractivity contribution is -0.0134. The van der Waals surface area contributed by atoms with Crippen molar-refractivity contribution < 1.29 is 0 Å². The van der Waals surface area contributed by atoms with Gasteiger partial charge in [-0.25, -0.2) is 0 Å². The Morgan fingerprint density at radius 1 is 1.06 bits per heavy atom. The van der Waals surface area contributed by atoms with Gasteiger partial charge in [0, 0.05) is 18.6 Å². The van der Waals surface area contributed by atoms with Crippen LogP contribution < -0.4 is 5.73 Å². The van der Waals surface area contributed by atoms with Crippen LogP contribution in [0.5, 0.6) is 0 Å². The molecule has 2 aliphatic rings. The van der Waals surface area contributed by atoms with Crippen LogP contribution in [0.3, 0.4) is 0 Å². The Hall–Kier alpha value is -0.0800. The average molecular weight is 252 g/mol. The number of hydrogen-bond donors (Lipinski definition) is 1. The van der Waals surface area contributed by atoms with E-state index in [0.717, 1.165) is 12.5 Å². The summed E-state index contributed by atoms with van der Waals surface area (Å²) in [4.78, 5) is 2.73. The summed E-state index contributed by atoms with van der Waals surface area (Å²) in [5.74, 6) is 0.722. The lowest BCUT2D eigenvalue weighted by atomic mass is 9.63. The first-order chi connectivity index (χ1) is 8.21. The minimum atomic E-state index is 0.281. The first-order valence-electron chi connectivity index (χ1n) is 7.66. The van der Waals surface area contributed by atoms with Gasteiger partial charge < -0.3 is 5.73 Å². The molecule has 18 heavy (non-hydrogen) atoms. The Balaban J connectivity index is 2.17. The van der Waals surface area contributed by atoms with Crippen LogP contribution in [0.25, 0.3) is 0 Å². The van der Waals surface area contributed by atoms with E-state index in [9.17, 15) is 0 Å². The molecule has 2 heteroatoms. The Morgan fingerprint density at radius 2 is 1.72 bits per heavy atom. The van der Waals surface area contributed by atoms with Crippen molar-refractivity contribution in [3.8, 4) is 0 Å². The van der Waals surface area contributed by atoms with E-state index >= 15 is 0 Å². The molecule has 1 saturated carbocycles. The van der Waals surface area contributed by atoms with E-state index in [1.54, 1.807) is 0 Å². The average Bonchev–Trinajstić information content (AvgIpc) is 2.59. The van der Waals surface area contributed by atoms with Gasteiger partial charge in [-0.1, -0.05) is 34.6 Å². The van der Waals surface area contributed by atoms with E-state index in [-0.39, 0.29) is 5.54 Å². The van der Waals surface area contributed by atoms with Crippen molar-refractivity contribution in [2.45, 2.75) is 65.8 Å². The van der Waals surface area contributed by atoms with Crippen LogP contribution in [0.4, 0.5) is 0 Å². The van der Waals surface area contributed by atoms with E-state index < -0.39 is 0 Å². The van der Waals surface area contributed by atoms with Gasteiger partial charge in [-0.15, -0.1) is 0 Å². The number of nitrogens with two attached hydrogens (primary N) is 1. The van der Waals surface area contributed by atoms with Gasteiger partial charge in [-0.05, 0) is 49.0 Å². The van der Waals surface area contributed by atoms with Crippen LogP contribution in [-0.2, 0) is 0 Å². The van der Waals surface area contributed by atoms with Crippen molar-refractivity contribution in [3.63, 3.8) is 0 Å². The molecule has 0 spiro atoms. The molecule has 0 aromatic carbocycles. The number of hydrogen-bond acceptors (Lipinski definition) is 2. The molecule has 106 valence electrons. The van der Waals surface area contributed by atoms with Crippen LogP contribution >= 0.6 is 0 Å². The molecular weight excluding hydrogens is 220 g/mol. The molecule has 2 atom stereocenters. The van der Waals surface area contributed by atoms with Gasteiger partial charge in [-0.2, -0.15) is 0 Å². The second-order valence-electron chi connectivity index (χ2n) is 8.41. The molecule has 2 N–H and O–H groups in total. The predicted molar refractivity (Wildman–Crippen MR) is 78.6 cm³/mol. The molecule has 2 unspecified atom stereocenters. The molecule has 0 bridgehead atoms. The van der Waals surface area contributed by atoms with Gasteiger partial charge in [0.05, 0.1) is 0 Å². The number of nitrogens with zero attached hydrogens (tertiary/aromatic N) is 1. The van der Waals surface area contributed by atoms with Crippen molar-refractivity contribution in [2.75, 3.05) is 19.6 Å². The monoisotopic (exact) mass is 252 g/mol. The van der Waals surface area contributed by atoms with Gasteiger partial charge in [0.2, 0.25) is 0 Å². The molecule has 0 aromatic heterocycles. The van der Waals surface area contributed by atoms with Gasteiger partial charge in [0.1, 0.15) is 0 Å². The van der Waals surface area contributed by atoms with Crippen LogP contribution in [0.1, 0.15) is 60.3 Å². The van der Waals surface area contributed by atoms with Gasteiger partial charge >= 0.3 is 0 Å². The SMILES string of the molecule is CC1CC(C)(C)CCC1(CN)N1CCC(C)(C)C1. The Labute approximate surface area is 113 Å². The van der Waals surface area contributed by atoms with Crippen LogP contribution in [0.15, 0.2) is 0 Å². The molecule has 1 aliphatic heterocycles. The Morgan fingerprint density at radius 3 is 2.17 bits per heavy atom. The van der Waals surface area contributed by atoms with Gasteiger partial charge in [0.15, 0.2) is 0 Å². The maximum Gasteiger partial charge on any atom is 0.0357 e. The molecular formula is C16H32N2. The third-order valence-corrected chi connectivity index (χ3v) is 5.67. The maximum absolute atomic E-state index is 6.24. The maximum atomic E-state index is 6.24. The highest BCUT2D eigenvalue weighted by Crippen LogP contribution is 2.48. The first-order valence-corrected chi connectivity index (χ1v) is 7.66. The quantitative estimate of drug-likeness (QED) is 0.817. The lowest BCUT2D eigenvalue weighted by Gasteiger charge is -2.53. The fraction of sp³-hybridized carbons (Fsp3) is 1.00. The molecule has 2 nitrogen and oxygen atoms in total. The summed E-state index contributed by atoms with van der Waals surface area (Å²) >= 11 is 0. The van der Waals surface area contributed by atoms with E-state index in [4.69, 9.17) is 5.73 Å². The Bertz CT molecular complexity index is 308. The largest absolute Gasteiger partial charge is 0.329 e. The molecule has 2 fully saturated rings. The van der Waals surface area contributed by atoms with Gasteiger partial charge in [0.25, 0.3) is 0 Å². The van der Waals surface area contributed by atoms with Crippen LogP contribution in [-0.4, -0.2) is 30.1 Å². The fourth-order valence-electron chi connectivity index (χ4n) is 4.32. The zero-order valence-electron chi connectivity index (χ0n) is 13.1. The number of rotatable bonds is 2. The smallest absolute Gasteiger partial charge is 0.0357 e. The first kappa shape index (κ1) is 14.3. The zero-order valence-corrected chi connectivity index (χ0v) is 13.1. The molecule has 0 aromatic rings. The molecule has 0 radical (unpaired) electrons. The van der Waals surface area contributed by atoms with Crippen molar-refractivity contribution in [1.82, 2.24) is 4.90 Å². The van der Waals surface area contributed by atoms with Crippen molar-refractivity contribution >= 4 is 0 Å². The summed E-state index contributed by atoms with van der Waals surface area (Å²) in [5.41, 5.74) is 7.51. The summed E-state index contributed by atoms with van der Waals surface area (Å²) in [6.45, 7) is 15.4. The summed E-state index contributed by atoms with van der Waals surface area (Å²) in [7, 11) is 0. The molecule has 0 amide bonds. The summed E-state index contributed by atoms with van der Waals surface area (Å²) < 4.78 is 0. The van der Waals surface area contributed by atoms with E-state index in [0.29, 0.717) is 10.8 Å². The molecule has 1 saturated heterocycles. The highest BCUT2D eigenvalue weighted by Gasteiger charge is 2.49. The predicted octanol–water partition coefficient (Wildman–Crippen LogP) is 3.26. The minimum absolute atomic E-state index is 0.281. The summed E-state index contributed by atoms with van der Waals surface area (Å²) in [6, 6.07) is 0. The normalized spacial score (nSPS) is 40.0. The second kappa shape index (κ2) is 4.49. The third-order valence-electron chi connectivity index (χ3n) is 5.67. The minimum Gasteiger partial charge on any atom is -0.329 e. The van der Waals surface area contributed by atoms with Crippen LogP contribution in [0, 0.1) is 16.7 Å². The van der Waals surface area contributed by atoms with Crippen molar-refractivity contribution in [3.05, 3.63) is 0 Å². The molecule has 1 aliphatic carbocycles. The number of likely N-dealkylation sites (tertiary alicyclic amines) is 1. The van der Waals surface area contributed by atoms with Crippen LogP contribution in [0.2, 0.25) is 0 Å². The second-order valence-corrected chi connectivity index (χ2v) is 8.41. The topological polar surface area (TPSA) is 29.3 Å². The third kappa shape index (κ3) is 2.46. The van der Waals surface area contributed by atoms with E-state index in [2.05, 4.69) is 39.5 Å². The molecule has 1 heterocycles. The highest BCUT2D eigenvalue weighted by molar-refractivity contribution is 5.04. The fourth-order valence-corrected chi connectivity index (χ4v) is 4.32. The van der Waals surface area contributed by atoms with E-state index in [1.165, 1.54) is 38.8 Å². The molecule has 2 rings (SSSR count). The Kier molecular flexibility index (Phi) is 3.57. The summed E-state index contributed by atoms with van der Waals surface area (Å²) in [6.07, 6.45) is 5.26.